The molecule has 1 aromatic rings. The van der Waals surface area contributed by atoms with Crippen LogP contribution in [0, 0.1) is 0 Å². The Morgan fingerprint density at radius 1 is 1.56 bits per heavy atom. The molecule has 2 rings (SSSR count). The second-order valence-corrected chi connectivity index (χ2v) is 4.61. The Hall–Kier alpha value is -1.20. The number of rotatable bonds is 6. The first-order chi connectivity index (χ1) is 8.81. The largest absolute Gasteiger partial charge is 0.481 e. The Balaban J connectivity index is 1.91. The van der Waals surface area contributed by atoms with Crippen molar-refractivity contribution in [2.45, 2.75) is 37.8 Å². The third-order valence-electron chi connectivity index (χ3n) is 3.34. The van der Waals surface area contributed by atoms with Gasteiger partial charge in [0.1, 0.15) is 6.33 Å². The second-order valence-electron chi connectivity index (χ2n) is 4.61. The van der Waals surface area contributed by atoms with E-state index < -0.39 is 0 Å². The topological polar surface area (TPSA) is 56.3 Å². The van der Waals surface area contributed by atoms with Crippen LogP contribution in [-0.2, 0) is 11.2 Å². The number of hydrogen-bond donors (Lipinski definition) is 1. The molecule has 1 aliphatic rings. The number of ether oxygens (including phenoxy) is 2. The maximum atomic E-state index is 5.67. The third kappa shape index (κ3) is 3.65. The lowest BCUT2D eigenvalue weighted by molar-refractivity contribution is 0.0953. The number of aromatic nitrogens is 2. The number of methoxy groups -OCH3 is 1. The quantitative estimate of drug-likeness (QED) is 0.823. The number of nitrogens with zero attached hydrogens (tertiary/aromatic N) is 2. The predicted octanol–water partition coefficient (Wildman–Crippen LogP) is 1.18. The molecule has 0 saturated carbocycles. The van der Waals surface area contributed by atoms with Crippen LogP contribution in [0.15, 0.2) is 12.4 Å². The summed E-state index contributed by atoms with van der Waals surface area (Å²) >= 11 is 0. The molecular formula is C13H21N3O2. The van der Waals surface area contributed by atoms with Gasteiger partial charge in [0.05, 0.1) is 13.2 Å². The van der Waals surface area contributed by atoms with Gasteiger partial charge in [-0.25, -0.2) is 9.97 Å². The minimum Gasteiger partial charge on any atom is -0.481 e. The van der Waals surface area contributed by atoms with Gasteiger partial charge in [-0.3, -0.25) is 0 Å². The summed E-state index contributed by atoms with van der Waals surface area (Å²) < 4.78 is 10.8. The molecule has 2 unspecified atom stereocenters. The minimum atomic E-state index is 0.382. The molecule has 1 fully saturated rings. The summed E-state index contributed by atoms with van der Waals surface area (Å²) in [5.41, 5.74) is 0.999. The van der Waals surface area contributed by atoms with Crippen molar-refractivity contribution in [3.63, 3.8) is 0 Å². The maximum absolute atomic E-state index is 5.67. The molecule has 0 amide bonds. The van der Waals surface area contributed by atoms with Crippen molar-refractivity contribution in [3.8, 4) is 5.88 Å². The summed E-state index contributed by atoms with van der Waals surface area (Å²) in [5.74, 6) is 0.618. The van der Waals surface area contributed by atoms with E-state index >= 15 is 0 Å². The Bertz CT molecular complexity index is 367. The Morgan fingerprint density at radius 2 is 2.44 bits per heavy atom. The van der Waals surface area contributed by atoms with Crippen molar-refractivity contribution in [1.29, 1.82) is 0 Å². The maximum Gasteiger partial charge on any atom is 0.216 e. The summed E-state index contributed by atoms with van der Waals surface area (Å²) in [6.45, 7) is 0.905. The summed E-state index contributed by atoms with van der Waals surface area (Å²) in [6.07, 6.45) is 6.20. The lowest BCUT2D eigenvalue weighted by Gasteiger charge is -2.19. The molecular weight excluding hydrogens is 230 g/mol. The molecule has 18 heavy (non-hydrogen) atoms. The first-order valence-corrected chi connectivity index (χ1v) is 6.45. The summed E-state index contributed by atoms with van der Waals surface area (Å²) in [5, 5.41) is 3.33. The predicted molar refractivity (Wildman–Crippen MR) is 68.7 cm³/mol. The van der Waals surface area contributed by atoms with Crippen LogP contribution < -0.4 is 10.1 Å². The van der Waals surface area contributed by atoms with Gasteiger partial charge < -0.3 is 14.8 Å². The molecule has 1 saturated heterocycles. The average Bonchev–Trinajstić information content (AvgIpc) is 2.91. The van der Waals surface area contributed by atoms with E-state index in [0.29, 0.717) is 18.0 Å². The van der Waals surface area contributed by atoms with Crippen LogP contribution in [0.5, 0.6) is 5.88 Å². The van der Waals surface area contributed by atoms with Gasteiger partial charge in [-0.1, -0.05) is 0 Å². The summed E-state index contributed by atoms with van der Waals surface area (Å²) in [6, 6.07) is 2.27. The Kier molecular flexibility index (Phi) is 4.90. The van der Waals surface area contributed by atoms with Crippen LogP contribution in [0.4, 0.5) is 0 Å². The smallest absolute Gasteiger partial charge is 0.216 e. The van der Waals surface area contributed by atoms with Gasteiger partial charge in [-0.05, 0) is 26.3 Å². The first-order valence-electron chi connectivity index (χ1n) is 6.45. The van der Waals surface area contributed by atoms with Crippen LogP contribution in [0.3, 0.4) is 0 Å². The van der Waals surface area contributed by atoms with E-state index in [-0.39, 0.29) is 0 Å². The van der Waals surface area contributed by atoms with Gasteiger partial charge in [-0.2, -0.15) is 0 Å². The average molecular weight is 251 g/mol. The highest BCUT2D eigenvalue weighted by Gasteiger charge is 2.20. The highest BCUT2D eigenvalue weighted by atomic mass is 16.5. The first kappa shape index (κ1) is 13.2. The molecule has 2 atom stereocenters. The van der Waals surface area contributed by atoms with Crippen LogP contribution >= 0.6 is 0 Å². The molecule has 1 aliphatic heterocycles. The molecule has 1 aromatic heterocycles. The molecule has 0 aromatic carbocycles. The van der Waals surface area contributed by atoms with E-state index in [1.165, 1.54) is 12.8 Å². The number of hydrogen-bond acceptors (Lipinski definition) is 5. The molecule has 0 bridgehead atoms. The van der Waals surface area contributed by atoms with Crippen molar-refractivity contribution in [1.82, 2.24) is 15.3 Å². The fourth-order valence-corrected chi connectivity index (χ4v) is 2.30. The van der Waals surface area contributed by atoms with E-state index in [2.05, 4.69) is 15.3 Å². The van der Waals surface area contributed by atoms with Crippen molar-refractivity contribution in [3.05, 3.63) is 18.1 Å². The van der Waals surface area contributed by atoms with E-state index in [9.17, 15) is 0 Å². The molecule has 0 spiro atoms. The SMILES string of the molecule is CNC(Cc1cc(OC)ncn1)CC1CCCO1. The lowest BCUT2D eigenvalue weighted by atomic mass is 10.0. The van der Waals surface area contributed by atoms with Gasteiger partial charge in [0.15, 0.2) is 0 Å². The summed E-state index contributed by atoms with van der Waals surface area (Å²) in [7, 11) is 3.60. The number of likely N-dealkylation sites (N-methyl/N-ethyl adjacent to an activating group) is 1. The zero-order valence-corrected chi connectivity index (χ0v) is 11.1. The monoisotopic (exact) mass is 251 g/mol. The van der Waals surface area contributed by atoms with Crippen LogP contribution in [0.1, 0.15) is 25.0 Å². The Morgan fingerprint density at radius 3 is 3.11 bits per heavy atom. The Labute approximate surface area is 108 Å². The van der Waals surface area contributed by atoms with Gasteiger partial charge in [-0.15, -0.1) is 0 Å². The fourth-order valence-electron chi connectivity index (χ4n) is 2.30. The second kappa shape index (κ2) is 6.66. The van der Waals surface area contributed by atoms with E-state index in [1.54, 1.807) is 13.4 Å². The number of nitrogens with one attached hydrogen (secondary N) is 1. The van der Waals surface area contributed by atoms with Crippen molar-refractivity contribution < 1.29 is 9.47 Å². The molecule has 100 valence electrons. The van der Waals surface area contributed by atoms with Crippen molar-refractivity contribution in [2.75, 3.05) is 20.8 Å². The van der Waals surface area contributed by atoms with Crippen LogP contribution in [-0.4, -0.2) is 42.9 Å². The molecule has 5 heteroatoms. The summed E-state index contributed by atoms with van der Waals surface area (Å²) in [4.78, 5) is 8.29. The highest BCUT2D eigenvalue weighted by molar-refractivity contribution is 5.14. The fraction of sp³-hybridized carbons (Fsp3) is 0.692. The van der Waals surface area contributed by atoms with Gasteiger partial charge >= 0.3 is 0 Å². The third-order valence-corrected chi connectivity index (χ3v) is 3.34. The standard InChI is InChI=1S/C13H21N3O2/c1-14-10(7-12-4-3-5-18-12)6-11-8-13(17-2)16-9-15-11/h8-10,12,14H,3-7H2,1-2H3. The normalized spacial score (nSPS) is 20.9. The molecule has 0 aliphatic carbocycles. The van der Waals surface area contributed by atoms with E-state index in [1.807, 2.05) is 13.1 Å². The van der Waals surface area contributed by atoms with Crippen LogP contribution in [0.25, 0.3) is 0 Å². The van der Waals surface area contributed by atoms with E-state index in [4.69, 9.17) is 9.47 Å². The molecule has 0 radical (unpaired) electrons. The van der Waals surface area contributed by atoms with E-state index in [0.717, 1.165) is 25.1 Å². The van der Waals surface area contributed by atoms with Gasteiger partial charge in [0.2, 0.25) is 5.88 Å². The zero-order valence-electron chi connectivity index (χ0n) is 11.1. The van der Waals surface area contributed by atoms with Gasteiger partial charge in [0, 0.05) is 30.8 Å². The minimum absolute atomic E-state index is 0.382. The highest BCUT2D eigenvalue weighted by Crippen LogP contribution is 2.18. The van der Waals surface area contributed by atoms with Crippen molar-refractivity contribution in [2.24, 2.45) is 0 Å². The van der Waals surface area contributed by atoms with Gasteiger partial charge in [0.25, 0.3) is 0 Å². The van der Waals surface area contributed by atoms with Crippen molar-refractivity contribution >= 4 is 0 Å². The lowest BCUT2D eigenvalue weighted by Crippen LogP contribution is -2.32. The van der Waals surface area contributed by atoms with Crippen LogP contribution in [0.2, 0.25) is 0 Å². The molecule has 1 N–H and O–H groups in total. The molecule has 2 heterocycles. The zero-order chi connectivity index (χ0) is 12.8. The molecule has 5 nitrogen and oxygen atoms in total.